The first kappa shape index (κ1) is 13.8. The second-order valence-electron chi connectivity index (χ2n) is 3.60. The molecule has 0 fully saturated rings. The minimum Gasteiger partial charge on any atom is -0.453 e. The maximum absolute atomic E-state index is 13.3. The van der Waals surface area contributed by atoms with Gasteiger partial charge in [-0.05, 0) is 40.2 Å². The van der Waals surface area contributed by atoms with Gasteiger partial charge in [0.2, 0.25) is 0 Å². The van der Waals surface area contributed by atoms with Gasteiger partial charge in [0.25, 0.3) is 0 Å². The summed E-state index contributed by atoms with van der Waals surface area (Å²) in [7, 11) is 0. The molecular weight excluding hydrogens is 332 g/mol. The molecule has 19 heavy (non-hydrogen) atoms. The van der Waals surface area contributed by atoms with Gasteiger partial charge in [0, 0.05) is 10.0 Å². The lowest BCUT2D eigenvalue weighted by atomic mass is 10.1. The van der Waals surface area contributed by atoms with Crippen LogP contribution in [0.4, 0.5) is 17.6 Å². The second kappa shape index (κ2) is 4.80. The molecule has 0 spiro atoms. The molecule has 0 aliphatic heterocycles. The van der Waals surface area contributed by atoms with Gasteiger partial charge in [0.1, 0.15) is 17.1 Å². The molecule has 0 atom stereocenters. The van der Waals surface area contributed by atoms with Gasteiger partial charge in [-0.15, -0.1) is 0 Å². The molecule has 100 valence electrons. The van der Waals surface area contributed by atoms with Crippen LogP contribution in [-0.4, -0.2) is 6.29 Å². The minimum absolute atomic E-state index is 0.0156. The van der Waals surface area contributed by atoms with Crippen LogP contribution in [0.25, 0.3) is 11.3 Å². The van der Waals surface area contributed by atoms with Gasteiger partial charge in [0.05, 0.1) is 0 Å². The summed E-state index contributed by atoms with van der Waals surface area (Å²) in [6.07, 6.45) is -4.41. The van der Waals surface area contributed by atoms with E-state index in [1.165, 1.54) is 12.1 Å². The van der Waals surface area contributed by atoms with E-state index in [1.807, 2.05) is 0 Å². The van der Waals surface area contributed by atoms with E-state index in [0.29, 0.717) is 12.4 Å². The first-order valence-corrected chi connectivity index (χ1v) is 5.74. The monoisotopic (exact) mass is 336 g/mol. The molecule has 0 N–H and O–H groups in total. The number of furan rings is 1. The molecule has 2 rings (SSSR count). The van der Waals surface area contributed by atoms with Gasteiger partial charge in [-0.1, -0.05) is 0 Å². The van der Waals surface area contributed by atoms with Crippen molar-refractivity contribution in [3.8, 4) is 11.3 Å². The molecule has 1 aromatic carbocycles. The predicted octanol–water partition coefficient (Wildman–Crippen LogP) is 4.68. The molecule has 0 bridgehead atoms. The van der Waals surface area contributed by atoms with Gasteiger partial charge in [-0.25, -0.2) is 4.39 Å². The van der Waals surface area contributed by atoms with Crippen molar-refractivity contribution in [2.24, 2.45) is 0 Å². The summed E-state index contributed by atoms with van der Waals surface area (Å²) in [4.78, 5) is 10.5. The van der Waals surface area contributed by atoms with Gasteiger partial charge < -0.3 is 4.42 Å². The molecule has 0 saturated carbocycles. The molecule has 0 amide bonds. The van der Waals surface area contributed by atoms with Crippen LogP contribution in [0.2, 0.25) is 0 Å². The maximum atomic E-state index is 13.3. The van der Waals surface area contributed by atoms with E-state index in [0.717, 1.165) is 6.07 Å². The third-order valence-corrected chi connectivity index (χ3v) is 3.21. The zero-order valence-corrected chi connectivity index (χ0v) is 10.7. The highest BCUT2D eigenvalue weighted by Crippen LogP contribution is 2.41. The lowest BCUT2D eigenvalue weighted by Gasteiger charge is -2.12. The van der Waals surface area contributed by atoms with Crippen molar-refractivity contribution in [2.45, 2.75) is 6.18 Å². The molecule has 2 nitrogen and oxygen atoms in total. The fourth-order valence-corrected chi connectivity index (χ4v) is 2.31. The van der Waals surface area contributed by atoms with Crippen molar-refractivity contribution in [1.29, 1.82) is 0 Å². The van der Waals surface area contributed by atoms with Crippen molar-refractivity contribution in [3.63, 3.8) is 0 Å². The van der Waals surface area contributed by atoms with Crippen molar-refractivity contribution in [2.75, 3.05) is 0 Å². The third-order valence-electron chi connectivity index (χ3n) is 2.38. The number of hydrogen-bond acceptors (Lipinski definition) is 2. The smallest absolute Gasteiger partial charge is 0.420 e. The highest BCUT2D eigenvalue weighted by atomic mass is 79.9. The van der Waals surface area contributed by atoms with Crippen LogP contribution in [0.3, 0.4) is 0 Å². The molecule has 2 aromatic rings. The standard InChI is InChI=1S/C12H5BrF4O2/c13-11-7(9-4-1-6(5-18)19-9)2-3-8(14)10(11)12(15,16)17/h1-5H. The van der Waals surface area contributed by atoms with Crippen LogP contribution in [0.15, 0.2) is 33.2 Å². The Bertz CT molecular complexity index is 631. The highest BCUT2D eigenvalue weighted by Gasteiger charge is 2.37. The summed E-state index contributed by atoms with van der Waals surface area (Å²) in [6.45, 7) is 0. The third kappa shape index (κ3) is 2.56. The van der Waals surface area contributed by atoms with Gasteiger partial charge >= 0.3 is 6.18 Å². The Morgan fingerprint density at radius 1 is 1.16 bits per heavy atom. The fraction of sp³-hybridized carbons (Fsp3) is 0.0833. The summed E-state index contributed by atoms with van der Waals surface area (Å²) in [6, 6.07) is 4.49. The number of carbonyl (C=O) groups excluding carboxylic acids is 1. The number of benzene rings is 1. The maximum Gasteiger partial charge on any atom is 0.420 e. The number of rotatable bonds is 2. The van der Waals surface area contributed by atoms with Crippen LogP contribution in [0.1, 0.15) is 16.1 Å². The van der Waals surface area contributed by atoms with E-state index in [-0.39, 0.29) is 17.1 Å². The summed E-state index contributed by atoms with van der Waals surface area (Å²) in [5.41, 5.74) is -1.39. The number of aldehydes is 1. The molecule has 0 radical (unpaired) electrons. The van der Waals surface area contributed by atoms with Crippen LogP contribution in [0.5, 0.6) is 0 Å². The molecule has 1 heterocycles. The Morgan fingerprint density at radius 2 is 1.84 bits per heavy atom. The van der Waals surface area contributed by atoms with Crippen LogP contribution in [-0.2, 0) is 6.18 Å². The average Bonchev–Trinajstić information content (AvgIpc) is 2.75. The molecule has 1 aromatic heterocycles. The summed E-state index contributed by atoms with van der Waals surface area (Å²) < 4.78 is 56.0. The van der Waals surface area contributed by atoms with Gasteiger partial charge in [-0.2, -0.15) is 13.2 Å². The SMILES string of the molecule is O=Cc1ccc(-c2ccc(F)c(C(F)(F)F)c2Br)o1. The largest absolute Gasteiger partial charge is 0.453 e. The summed E-state index contributed by atoms with van der Waals surface area (Å²) in [5.74, 6) is -1.37. The first-order chi connectivity index (χ1) is 8.84. The number of alkyl halides is 3. The molecule has 0 unspecified atom stereocenters. The Balaban J connectivity index is 2.63. The highest BCUT2D eigenvalue weighted by molar-refractivity contribution is 9.10. The normalized spacial score (nSPS) is 11.6. The lowest BCUT2D eigenvalue weighted by Crippen LogP contribution is -2.09. The fourth-order valence-electron chi connectivity index (χ4n) is 1.56. The Labute approximate surface area is 113 Å². The predicted molar refractivity (Wildman–Crippen MR) is 62.2 cm³/mol. The van der Waals surface area contributed by atoms with E-state index in [2.05, 4.69) is 15.9 Å². The van der Waals surface area contributed by atoms with Crippen molar-refractivity contribution in [1.82, 2.24) is 0 Å². The van der Waals surface area contributed by atoms with Crippen LogP contribution in [0, 0.1) is 5.82 Å². The first-order valence-electron chi connectivity index (χ1n) is 4.95. The van der Waals surface area contributed by atoms with E-state index in [4.69, 9.17) is 4.42 Å². The number of halogens is 5. The molecule has 0 aliphatic rings. The van der Waals surface area contributed by atoms with Crippen molar-refractivity contribution in [3.05, 3.63) is 45.9 Å². The molecule has 0 aliphatic carbocycles. The quantitative estimate of drug-likeness (QED) is 0.588. The van der Waals surface area contributed by atoms with Crippen LogP contribution < -0.4 is 0 Å². The number of carbonyl (C=O) groups is 1. The minimum atomic E-state index is -4.83. The Kier molecular flexibility index (Phi) is 3.49. The van der Waals surface area contributed by atoms with E-state index in [1.54, 1.807) is 0 Å². The zero-order chi connectivity index (χ0) is 14.2. The Hall–Kier alpha value is -1.63. The van der Waals surface area contributed by atoms with Gasteiger partial charge in [-0.3, -0.25) is 4.79 Å². The molecule has 0 saturated heterocycles. The van der Waals surface area contributed by atoms with E-state index < -0.39 is 22.0 Å². The van der Waals surface area contributed by atoms with E-state index in [9.17, 15) is 22.4 Å². The molecule has 7 heteroatoms. The summed E-state index contributed by atoms with van der Waals surface area (Å²) in [5, 5.41) is 0. The van der Waals surface area contributed by atoms with Crippen molar-refractivity contribution < 1.29 is 26.8 Å². The second-order valence-corrected chi connectivity index (χ2v) is 4.39. The molecular formula is C12H5BrF4O2. The van der Waals surface area contributed by atoms with Gasteiger partial charge in [0.15, 0.2) is 12.0 Å². The number of hydrogen-bond donors (Lipinski definition) is 0. The summed E-state index contributed by atoms with van der Waals surface area (Å²) >= 11 is 2.73. The van der Waals surface area contributed by atoms with E-state index >= 15 is 0 Å². The lowest BCUT2D eigenvalue weighted by molar-refractivity contribution is -0.140. The van der Waals surface area contributed by atoms with Crippen molar-refractivity contribution >= 4 is 22.2 Å². The average molecular weight is 337 g/mol. The Morgan fingerprint density at radius 3 is 2.37 bits per heavy atom. The van der Waals surface area contributed by atoms with Crippen LogP contribution >= 0.6 is 15.9 Å². The topological polar surface area (TPSA) is 30.2 Å². The zero-order valence-electron chi connectivity index (χ0n) is 9.09.